The fourth-order valence-corrected chi connectivity index (χ4v) is 2.88. The van der Waals surface area contributed by atoms with Crippen molar-refractivity contribution in [2.75, 3.05) is 6.61 Å². The SMILES string of the molecule is Cc1cc(Cl)ccc1OCC(=Nc1ccc(Cl)cc1Cl)n1ccnc1. The van der Waals surface area contributed by atoms with Gasteiger partial charge in [0.25, 0.3) is 0 Å². The second-order valence-electron chi connectivity index (χ2n) is 5.29. The highest BCUT2D eigenvalue weighted by atomic mass is 35.5. The molecule has 7 heteroatoms. The van der Waals surface area contributed by atoms with Crippen molar-refractivity contribution < 1.29 is 4.74 Å². The molecular formula is C18H14Cl3N3O. The van der Waals surface area contributed by atoms with Crippen molar-refractivity contribution in [3.05, 3.63) is 75.8 Å². The molecule has 0 spiro atoms. The number of aromatic nitrogens is 2. The molecule has 0 saturated carbocycles. The number of nitrogens with zero attached hydrogens (tertiary/aromatic N) is 3. The Labute approximate surface area is 160 Å². The third kappa shape index (κ3) is 4.54. The number of imidazole rings is 1. The first kappa shape index (κ1) is 17.8. The average molecular weight is 395 g/mol. The lowest BCUT2D eigenvalue weighted by Gasteiger charge is -2.12. The standard InChI is InChI=1S/C18H14Cl3N3O/c1-12-8-13(19)3-5-17(12)25-10-18(24-7-6-22-11-24)23-16-4-2-14(20)9-15(16)21/h2-9,11H,10H2,1H3. The van der Waals surface area contributed by atoms with Gasteiger partial charge in [-0.2, -0.15) is 0 Å². The Hall–Kier alpha value is -2.01. The Bertz CT molecular complexity index is 908. The largest absolute Gasteiger partial charge is 0.485 e. The Morgan fingerprint density at radius 1 is 1.12 bits per heavy atom. The number of hydrogen-bond acceptors (Lipinski definition) is 3. The molecular weight excluding hydrogens is 381 g/mol. The van der Waals surface area contributed by atoms with E-state index in [9.17, 15) is 0 Å². The smallest absolute Gasteiger partial charge is 0.152 e. The van der Waals surface area contributed by atoms with Crippen molar-refractivity contribution in [3.63, 3.8) is 0 Å². The molecule has 0 N–H and O–H groups in total. The lowest BCUT2D eigenvalue weighted by Crippen LogP contribution is -2.19. The van der Waals surface area contributed by atoms with E-state index in [4.69, 9.17) is 39.5 Å². The van der Waals surface area contributed by atoms with Crippen LogP contribution in [0.25, 0.3) is 0 Å². The summed E-state index contributed by atoms with van der Waals surface area (Å²) in [6.45, 7) is 2.17. The zero-order valence-electron chi connectivity index (χ0n) is 13.3. The lowest BCUT2D eigenvalue weighted by molar-refractivity contribution is 0.370. The monoisotopic (exact) mass is 393 g/mol. The van der Waals surface area contributed by atoms with E-state index >= 15 is 0 Å². The van der Waals surface area contributed by atoms with E-state index in [0.717, 1.165) is 11.3 Å². The van der Waals surface area contributed by atoms with E-state index < -0.39 is 0 Å². The minimum absolute atomic E-state index is 0.234. The first-order valence-corrected chi connectivity index (χ1v) is 8.56. The second kappa shape index (κ2) is 7.91. The summed E-state index contributed by atoms with van der Waals surface area (Å²) in [5, 5.41) is 1.69. The molecule has 4 nitrogen and oxygen atoms in total. The van der Waals surface area contributed by atoms with Gasteiger partial charge in [0.05, 0.1) is 10.7 Å². The highest BCUT2D eigenvalue weighted by Crippen LogP contribution is 2.28. The maximum absolute atomic E-state index is 6.22. The van der Waals surface area contributed by atoms with Gasteiger partial charge in [0.1, 0.15) is 18.7 Å². The summed E-state index contributed by atoms with van der Waals surface area (Å²) in [5.74, 6) is 1.37. The van der Waals surface area contributed by atoms with Crippen molar-refractivity contribution >= 4 is 46.3 Å². The van der Waals surface area contributed by atoms with Gasteiger partial charge in [-0.25, -0.2) is 9.98 Å². The number of halogens is 3. The van der Waals surface area contributed by atoms with Gasteiger partial charge in [-0.3, -0.25) is 4.57 Å². The number of rotatable bonds is 4. The van der Waals surface area contributed by atoms with Gasteiger partial charge < -0.3 is 4.74 Å². The lowest BCUT2D eigenvalue weighted by atomic mass is 10.2. The van der Waals surface area contributed by atoms with E-state index in [2.05, 4.69) is 9.98 Å². The highest BCUT2D eigenvalue weighted by molar-refractivity contribution is 6.36. The molecule has 0 amide bonds. The van der Waals surface area contributed by atoms with Gasteiger partial charge >= 0.3 is 0 Å². The predicted molar refractivity (Wildman–Crippen MR) is 103 cm³/mol. The molecule has 0 atom stereocenters. The molecule has 0 aliphatic carbocycles. The quantitative estimate of drug-likeness (QED) is 0.414. The van der Waals surface area contributed by atoms with Crippen molar-refractivity contribution in [3.8, 4) is 5.75 Å². The first-order chi connectivity index (χ1) is 12.0. The molecule has 128 valence electrons. The predicted octanol–water partition coefficient (Wildman–Crippen LogP) is 5.81. The van der Waals surface area contributed by atoms with Crippen LogP contribution in [0.15, 0.2) is 60.1 Å². The van der Waals surface area contributed by atoms with Crippen LogP contribution in [-0.2, 0) is 0 Å². The van der Waals surface area contributed by atoms with E-state index in [-0.39, 0.29) is 6.61 Å². The van der Waals surface area contributed by atoms with Crippen LogP contribution in [0.2, 0.25) is 15.1 Å². The summed E-state index contributed by atoms with van der Waals surface area (Å²) < 4.78 is 7.68. The first-order valence-electron chi connectivity index (χ1n) is 7.43. The number of benzene rings is 2. The molecule has 0 radical (unpaired) electrons. The summed E-state index contributed by atoms with van der Waals surface area (Å²) in [7, 11) is 0. The molecule has 0 saturated heterocycles. The van der Waals surface area contributed by atoms with Gasteiger partial charge in [-0.1, -0.05) is 34.8 Å². The van der Waals surface area contributed by atoms with Gasteiger partial charge in [0.15, 0.2) is 5.84 Å². The van der Waals surface area contributed by atoms with Crippen molar-refractivity contribution in [2.45, 2.75) is 6.92 Å². The minimum Gasteiger partial charge on any atom is -0.485 e. The molecule has 3 rings (SSSR count). The Morgan fingerprint density at radius 2 is 1.88 bits per heavy atom. The van der Waals surface area contributed by atoms with Gasteiger partial charge in [0.2, 0.25) is 0 Å². The van der Waals surface area contributed by atoms with Crippen LogP contribution in [0.4, 0.5) is 5.69 Å². The molecule has 25 heavy (non-hydrogen) atoms. The van der Waals surface area contributed by atoms with Crippen molar-refractivity contribution in [1.82, 2.24) is 9.55 Å². The minimum atomic E-state index is 0.234. The molecule has 0 fully saturated rings. The van der Waals surface area contributed by atoms with Crippen LogP contribution < -0.4 is 4.74 Å². The van der Waals surface area contributed by atoms with Gasteiger partial charge in [-0.05, 0) is 48.9 Å². The number of ether oxygens (including phenoxy) is 1. The molecule has 0 unspecified atom stereocenters. The summed E-state index contributed by atoms with van der Waals surface area (Å²) in [5.41, 5.74) is 1.55. The molecule has 0 aliphatic rings. The number of hydrogen-bond donors (Lipinski definition) is 0. The Balaban J connectivity index is 1.89. The topological polar surface area (TPSA) is 39.4 Å². The molecule has 3 aromatic rings. The van der Waals surface area contributed by atoms with Crippen LogP contribution in [0.1, 0.15) is 5.56 Å². The molecule has 1 aromatic heterocycles. The van der Waals surface area contributed by atoms with Crippen molar-refractivity contribution in [1.29, 1.82) is 0 Å². The highest BCUT2D eigenvalue weighted by Gasteiger charge is 2.08. The summed E-state index contributed by atoms with van der Waals surface area (Å²) in [4.78, 5) is 8.66. The van der Waals surface area contributed by atoms with E-state index in [1.807, 2.05) is 19.1 Å². The van der Waals surface area contributed by atoms with Crippen LogP contribution in [-0.4, -0.2) is 22.0 Å². The fraction of sp³-hybridized carbons (Fsp3) is 0.111. The van der Waals surface area contributed by atoms with E-state index in [0.29, 0.717) is 26.6 Å². The second-order valence-corrected chi connectivity index (χ2v) is 6.57. The van der Waals surface area contributed by atoms with Gasteiger partial charge in [0, 0.05) is 22.4 Å². The van der Waals surface area contributed by atoms with Crippen LogP contribution in [0, 0.1) is 6.92 Å². The molecule has 2 aromatic carbocycles. The Morgan fingerprint density at radius 3 is 2.56 bits per heavy atom. The third-order valence-electron chi connectivity index (χ3n) is 3.46. The molecule has 0 bridgehead atoms. The maximum Gasteiger partial charge on any atom is 0.152 e. The zero-order valence-corrected chi connectivity index (χ0v) is 15.6. The van der Waals surface area contributed by atoms with E-state index in [1.165, 1.54) is 0 Å². The fourth-order valence-electron chi connectivity index (χ4n) is 2.20. The summed E-state index contributed by atoms with van der Waals surface area (Å²) in [6.07, 6.45) is 5.12. The van der Waals surface area contributed by atoms with Crippen LogP contribution in [0.3, 0.4) is 0 Å². The number of aryl methyl sites for hydroxylation is 1. The Kier molecular flexibility index (Phi) is 5.63. The van der Waals surface area contributed by atoms with Crippen molar-refractivity contribution in [2.24, 2.45) is 4.99 Å². The summed E-state index contributed by atoms with van der Waals surface area (Å²) in [6, 6.07) is 10.6. The zero-order chi connectivity index (χ0) is 17.8. The maximum atomic E-state index is 6.22. The average Bonchev–Trinajstić information content (AvgIpc) is 3.09. The van der Waals surface area contributed by atoms with Gasteiger partial charge in [-0.15, -0.1) is 0 Å². The number of aliphatic imine (C=N–C) groups is 1. The van der Waals surface area contributed by atoms with Crippen LogP contribution in [0.5, 0.6) is 5.75 Å². The summed E-state index contributed by atoms with van der Waals surface area (Å²) >= 11 is 18.1. The molecule has 0 aliphatic heterocycles. The molecule has 1 heterocycles. The van der Waals surface area contributed by atoms with Crippen LogP contribution >= 0.6 is 34.8 Å². The third-order valence-corrected chi connectivity index (χ3v) is 4.23. The normalized spacial score (nSPS) is 11.6. The van der Waals surface area contributed by atoms with E-state index in [1.54, 1.807) is 47.6 Å².